The second kappa shape index (κ2) is 5.82. The molecule has 1 aliphatic rings. The van der Waals surface area contributed by atoms with Crippen LogP contribution in [-0.4, -0.2) is 37.4 Å². The molecule has 1 aliphatic carbocycles. The molecule has 0 radical (unpaired) electrons. The van der Waals surface area contributed by atoms with Gasteiger partial charge < -0.3 is 4.74 Å². The Morgan fingerprint density at radius 1 is 1.41 bits per heavy atom. The van der Waals surface area contributed by atoms with Crippen molar-refractivity contribution in [2.45, 2.75) is 52.1 Å². The number of esters is 1. The Labute approximate surface area is 127 Å². The molecule has 0 bridgehead atoms. The molecular weight excluding hydrogens is 284 g/mol. The summed E-state index contributed by atoms with van der Waals surface area (Å²) < 4.78 is 6.95. The Kier molecular flexibility index (Phi) is 3.87. The van der Waals surface area contributed by atoms with E-state index in [0.29, 0.717) is 18.6 Å². The Morgan fingerprint density at radius 2 is 2.23 bits per heavy atom. The summed E-state index contributed by atoms with van der Waals surface area (Å²) in [5, 5.41) is 4.09. The predicted molar refractivity (Wildman–Crippen MR) is 77.3 cm³/mol. The summed E-state index contributed by atoms with van der Waals surface area (Å²) in [7, 11) is 0. The minimum Gasteiger partial charge on any atom is -0.454 e. The van der Waals surface area contributed by atoms with E-state index in [1.165, 1.54) is 6.33 Å². The molecule has 7 heteroatoms. The molecule has 2 aromatic heterocycles. The van der Waals surface area contributed by atoms with Gasteiger partial charge in [0.25, 0.3) is 5.78 Å². The minimum absolute atomic E-state index is 0.0258. The van der Waals surface area contributed by atoms with Crippen molar-refractivity contribution < 1.29 is 14.3 Å². The SMILES string of the molecule is Cc1nc2ncnn2c(C)c1CC(=O)O[C@@H]1CCCCC1=O. The van der Waals surface area contributed by atoms with Gasteiger partial charge in [-0.05, 0) is 33.1 Å². The van der Waals surface area contributed by atoms with Gasteiger partial charge >= 0.3 is 5.97 Å². The zero-order chi connectivity index (χ0) is 15.7. The van der Waals surface area contributed by atoms with Crippen LogP contribution >= 0.6 is 0 Å². The summed E-state index contributed by atoms with van der Waals surface area (Å²) in [5.41, 5.74) is 2.31. The van der Waals surface area contributed by atoms with Gasteiger partial charge in [-0.3, -0.25) is 9.59 Å². The molecule has 0 unspecified atom stereocenters. The molecule has 7 nitrogen and oxygen atoms in total. The smallest absolute Gasteiger partial charge is 0.311 e. The molecule has 2 heterocycles. The van der Waals surface area contributed by atoms with Crippen LogP contribution in [0.1, 0.15) is 42.6 Å². The average molecular weight is 302 g/mol. The zero-order valence-corrected chi connectivity index (χ0v) is 12.7. The number of fused-ring (bicyclic) bond motifs is 1. The highest BCUT2D eigenvalue weighted by molar-refractivity contribution is 5.86. The fraction of sp³-hybridized carbons (Fsp3) is 0.533. The molecule has 0 aromatic carbocycles. The lowest BCUT2D eigenvalue weighted by Crippen LogP contribution is -2.31. The standard InChI is InChI=1S/C15H18N4O3/c1-9-11(10(2)19-15(18-9)16-8-17-19)7-14(21)22-13-6-4-3-5-12(13)20/h8,13H,3-7H2,1-2H3/t13-/m1/s1. The molecular formula is C15H18N4O3. The number of rotatable bonds is 3. The van der Waals surface area contributed by atoms with Crippen LogP contribution in [0.2, 0.25) is 0 Å². The van der Waals surface area contributed by atoms with Crippen LogP contribution in [0, 0.1) is 13.8 Å². The van der Waals surface area contributed by atoms with Gasteiger partial charge in [0.05, 0.1) is 6.42 Å². The molecule has 1 saturated carbocycles. The van der Waals surface area contributed by atoms with Gasteiger partial charge in [-0.2, -0.15) is 10.1 Å². The van der Waals surface area contributed by atoms with Crippen molar-refractivity contribution in [2.24, 2.45) is 0 Å². The number of aromatic nitrogens is 4. The second-order valence-electron chi connectivity index (χ2n) is 5.60. The molecule has 22 heavy (non-hydrogen) atoms. The first-order chi connectivity index (χ1) is 10.6. The summed E-state index contributed by atoms with van der Waals surface area (Å²) in [4.78, 5) is 32.3. The van der Waals surface area contributed by atoms with E-state index in [4.69, 9.17) is 4.74 Å². The quantitative estimate of drug-likeness (QED) is 0.795. The van der Waals surface area contributed by atoms with Crippen molar-refractivity contribution in [1.82, 2.24) is 19.6 Å². The predicted octanol–water partition coefficient (Wildman–Crippen LogP) is 1.34. The van der Waals surface area contributed by atoms with Crippen molar-refractivity contribution in [1.29, 1.82) is 0 Å². The molecule has 1 fully saturated rings. The monoisotopic (exact) mass is 302 g/mol. The van der Waals surface area contributed by atoms with Crippen molar-refractivity contribution in [3.05, 3.63) is 23.3 Å². The fourth-order valence-electron chi connectivity index (χ4n) is 2.83. The molecule has 0 saturated heterocycles. The largest absolute Gasteiger partial charge is 0.454 e. The van der Waals surface area contributed by atoms with E-state index in [1.54, 1.807) is 4.52 Å². The maximum atomic E-state index is 12.2. The van der Waals surface area contributed by atoms with E-state index in [-0.39, 0.29) is 12.2 Å². The van der Waals surface area contributed by atoms with Gasteiger partial charge in [-0.25, -0.2) is 9.50 Å². The van der Waals surface area contributed by atoms with Crippen LogP contribution in [0.5, 0.6) is 0 Å². The summed E-state index contributed by atoms with van der Waals surface area (Å²) in [6, 6.07) is 0. The lowest BCUT2D eigenvalue weighted by Gasteiger charge is -2.21. The van der Waals surface area contributed by atoms with Crippen LogP contribution in [0.25, 0.3) is 5.78 Å². The van der Waals surface area contributed by atoms with Crippen LogP contribution < -0.4 is 0 Å². The lowest BCUT2D eigenvalue weighted by molar-refractivity contribution is -0.156. The van der Waals surface area contributed by atoms with Gasteiger partial charge in [0.1, 0.15) is 6.33 Å². The lowest BCUT2D eigenvalue weighted by atomic mass is 9.96. The number of ether oxygens (including phenoxy) is 1. The van der Waals surface area contributed by atoms with E-state index in [0.717, 1.165) is 29.8 Å². The Balaban J connectivity index is 1.77. The highest BCUT2D eigenvalue weighted by Gasteiger charge is 2.26. The van der Waals surface area contributed by atoms with Crippen molar-refractivity contribution in [3.8, 4) is 0 Å². The number of nitrogens with zero attached hydrogens (tertiary/aromatic N) is 4. The summed E-state index contributed by atoms with van der Waals surface area (Å²) in [6.07, 6.45) is 3.88. The van der Waals surface area contributed by atoms with Crippen LogP contribution in [0.4, 0.5) is 0 Å². The summed E-state index contributed by atoms with van der Waals surface area (Å²) >= 11 is 0. The fourth-order valence-corrected chi connectivity index (χ4v) is 2.83. The van der Waals surface area contributed by atoms with E-state index in [9.17, 15) is 9.59 Å². The molecule has 0 spiro atoms. The topological polar surface area (TPSA) is 86.4 Å². The number of hydrogen-bond donors (Lipinski definition) is 0. The summed E-state index contributed by atoms with van der Waals surface area (Å²) in [5.74, 6) is 0.139. The van der Waals surface area contributed by atoms with Crippen molar-refractivity contribution >= 4 is 17.5 Å². The first-order valence-electron chi connectivity index (χ1n) is 7.44. The van der Waals surface area contributed by atoms with Crippen LogP contribution in [-0.2, 0) is 20.7 Å². The first-order valence-corrected chi connectivity index (χ1v) is 7.44. The number of ketones is 1. The van der Waals surface area contributed by atoms with Gasteiger partial charge in [0, 0.05) is 23.4 Å². The highest BCUT2D eigenvalue weighted by atomic mass is 16.5. The second-order valence-corrected chi connectivity index (χ2v) is 5.60. The molecule has 0 N–H and O–H groups in total. The zero-order valence-electron chi connectivity index (χ0n) is 12.7. The van der Waals surface area contributed by atoms with Gasteiger partial charge in [0.2, 0.25) is 0 Å². The molecule has 2 aromatic rings. The number of Topliss-reactive ketones (excluding diaryl/α,β-unsaturated/α-hetero) is 1. The normalized spacial score (nSPS) is 18.6. The Bertz CT molecular complexity index is 738. The van der Waals surface area contributed by atoms with Crippen molar-refractivity contribution in [3.63, 3.8) is 0 Å². The minimum atomic E-state index is -0.579. The number of hydrogen-bond acceptors (Lipinski definition) is 6. The average Bonchev–Trinajstić information content (AvgIpc) is 2.94. The van der Waals surface area contributed by atoms with Crippen LogP contribution in [0.3, 0.4) is 0 Å². The van der Waals surface area contributed by atoms with Crippen LogP contribution in [0.15, 0.2) is 6.33 Å². The van der Waals surface area contributed by atoms with E-state index in [2.05, 4.69) is 15.1 Å². The number of aryl methyl sites for hydroxylation is 2. The highest BCUT2D eigenvalue weighted by Crippen LogP contribution is 2.19. The molecule has 3 rings (SSSR count). The van der Waals surface area contributed by atoms with Gasteiger partial charge in [-0.1, -0.05) is 0 Å². The third kappa shape index (κ3) is 2.70. The maximum Gasteiger partial charge on any atom is 0.311 e. The number of carbonyl (C=O) groups is 2. The number of carbonyl (C=O) groups excluding carboxylic acids is 2. The first kappa shape index (κ1) is 14.6. The third-order valence-electron chi connectivity index (χ3n) is 4.08. The molecule has 116 valence electrons. The Hall–Kier alpha value is -2.31. The van der Waals surface area contributed by atoms with E-state index in [1.807, 2.05) is 13.8 Å². The Morgan fingerprint density at radius 3 is 3.00 bits per heavy atom. The molecule has 0 aliphatic heterocycles. The molecule has 1 atom stereocenters. The van der Waals surface area contributed by atoms with E-state index >= 15 is 0 Å². The third-order valence-corrected chi connectivity index (χ3v) is 4.08. The van der Waals surface area contributed by atoms with Gasteiger partial charge in [0.15, 0.2) is 11.9 Å². The maximum absolute atomic E-state index is 12.2. The van der Waals surface area contributed by atoms with E-state index < -0.39 is 12.1 Å². The van der Waals surface area contributed by atoms with Gasteiger partial charge in [-0.15, -0.1) is 0 Å². The molecule has 0 amide bonds. The summed E-state index contributed by atoms with van der Waals surface area (Å²) in [6.45, 7) is 3.70. The van der Waals surface area contributed by atoms with Crippen molar-refractivity contribution in [2.75, 3.05) is 0 Å².